The molecule has 1 saturated heterocycles. The molecule has 5 rings (SSSR count). The van der Waals surface area contributed by atoms with Crippen molar-refractivity contribution in [2.75, 3.05) is 14.2 Å². The summed E-state index contributed by atoms with van der Waals surface area (Å²) >= 11 is 0. The van der Waals surface area contributed by atoms with Gasteiger partial charge in [-0.25, -0.2) is 4.79 Å². The molecule has 4 aromatic rings. The number of phenolic OH excluding ortho intramolecular Hbond substituents is 1. The molecule has 2 atom stereocenters. The number of hydrogen-bond acceptors (Lipinski definition) is 6. The van der Waals surface area contributed by atoms with Crippen LogP contribution in [-0.2, 0) is 4.74 Å². The van der Waals surface area contributed by atoms with Crippen molar-refractivity contribution in [3.05, 3.63) is 58.5 Å². The van der Waals surface area contributed by atoms with E-state index in [1.54, 1.807) is 38.5 Å². The lowest BCUT2D eigenvalue weighted by atomic mass is 9.91. The minimum absolute atomic E-state index is 0.0491. The molecule has 3 aromatic carbocycles. The maximum absolute atomic E-state index is 13.2. The van der Waals surface area contributed by atoms with Crippen LogP contribution in [0.3, 0.4) is 0 Å². The number of rotatable bonds is 4. The normalized spacial score (nSPS) is 18.6. The van der Waals surface area contributed by atoms with Crippen LogP contribution in [0, 0.1) is 0 Å². The molecule has 170 valence electrons. The highest BCUT2D eigenvalue weighted by Gasteiger charge is 2.27. The molecule has 2 heterocycles. The fraction of sp³-hybridized carbons (Fsp3) is 0.296. The Kier molecular flexibility index (Phi) is 5.25. The van der Waals surface area contributed by atoms with E-state index in [9.17, 15) is 9.90 Å². The Balaban J connectivity index is 1.99. The molecule has 0 aliphatic carbocycles. The van der Waals surface area contributed by atoms with Gasteiger partial charge in [-0.2, -0.15) is 0 Å². The lowest BCUT2D eigenvalue weighted by molar-refractivity contribution is -0.0407. The van der Waals surface area contributed by atoms with Crippen molar-refractivity contribution >= 4 is 38.6 Å². The standard InChI is InChI=1S/C27H26O6/c1-5-15-11-18-23(21(12-15)30-3)17-13-22(31-4)25-19(28)10-9-16(20-8-6-7-14(2)32-20)24(25)26(17)33-27(18)29/h5,9-14,20,28H,1,6-8H2,2-4H3. The Labute approximate surface area is 191 Å². The Bertz CT molecular complexity index is 1470. The monoisotopic (exact) mass is 446 g/mol. The summed E-state index contributed by atoms with van der Waals surface area (Å²) in [4.78, 5) is 13.2. The first-order valence-electron chi connectivity index (χ1n) is 11.1. The zero-order chi connectivity index (χ0) is 23.3. The van der Waals surface area contributed by atoms with Gasteiger partial charge in [-0.05, 0) is 61.6 Å². The molecule has 2 unspecified atom stereocenters. The Hall–Kier alpha value is -3.51. The zero-order valence-electron chi connectivity index (χ0n) is 18.9. The maximum atomic E-state index is 13.2. The lowest BCUT2D eigenvalue weighted by Crippen LogP contribution is -2.19. The minimum atomic E-state index is -0.488. The number of aromatic hydroxyl groups is 1. The highest BCUT2D eigenvalue weighted by molar-refractivity contribution is 6.19. The van der Waals surface area contributed by atoms with E-state index in [2.05, 4.69) is 13.5 Å². The third kappa shape index (κ3) is 3.33. The second kappa shape index (κ2) is 8.12. The van der Waals surface area contributed by atoms with Crippen LogP contribution in [-0.4, -0.2) is 25.4 Å². The first-order valence-corrected chi connectivity index (χ1v) is 11.1. The van der Waals surface area contributed by atoms with Gasteiger partial charge in [0.15, 0.2) is 0 Å². The summed E-state index contributed by atoms with van der Waals surface area (Å²) in [7, 11) is 3.12. The van der Waals surface area contributed by atoms with E-state index in [0.717, 1.165) is 30.4 Å². The molecule has 6 heteroatoms. The van der Waals surface area contributed by atoms with E-state index < -0.39 is 5.63 Å². The minimum Gasteiger partial charge on any atom is -0.507 e. The average Bonchev–Trinajstić information content (AvgIpc) is 2.83. The van der Waals surface area contributed by atoms with Crippen LogP contribution >= 0.6 is 0 Å². The molecule has 1 fully saturated rings. The molecule has 1 aromatic heterocycles. The molecule has 33 heavy (non-hydrogen) atoms. The van der Waals surface area contributed by atoms with Gasteiger partial charge >= 0.3 is 5.63 Å². The largest absolute Gasteiger partial charge is 0.507 e. The molecule has 0 amide bonds. The smallest absolute Gasteiger partial charge is 0.344 e. The van der Waals surface area contributed by atoms with E-state index in [1.165, 1.54) is 0 Å². The predicted octanol–water partition coefficient (Wildman–Crippen LogP) is 6.10. The Morgan fingerprint density at radius 3 is 2.48 bits per heavy atom. The van der Waals surface area contributed by atoms with Crippen LogP contribution in [0.4, 0.5) is 0 Å². The van der Waals surface area contributed by atoms with Crippen molar-refractivity contribution in [2.45, 2.75) is 38.4 Å². The summed E-state index contributed by atoms with van der Waals surface area (Å²) in [5.41, 5.74) is 1.50. The van der Waals surface area contributed by atoms with Crippen LogP contribution in [0.5, 0.6) is 17.2 Å². The van der Waals surface area contributed by atoms with Crippen LogP contribution in [0.15, 0.2) is 46.1 Å². The zero-order valence-corrected chi connectivity index (χ0v) is 18.9. The fourth-order valence-corrected chi connectivity index (χ4v) is 4.96. The number of ether oxygens (including phenoxy) is 3. The summed E-state index contributed by atoms with van der Waals surface area (Å²) in [6.45, 7) is 5.86. The number of phenols is 1. The summed E-state index contributed by atoms with van der Waals surface area (Å²) in [6.07, 6.45) is 4.46. The van der Waals surface area contributed by atoms with Crippen LogP contribution in [0.25, 0.3) is 38.6 Å². The second-order valence-corrected chi connectivity index (χ2v) is 8.49. The number of hydrogen-bond donors (Lipinski definition) is 1. The molecule has 0 saturated carbocycles. The molecule has 0 bridgehead atoms. The Morgan fingerprint density at radius 1 is 1.03 bits per heavy atom. The number of methoxy groups -OCH3 is 2. The molecular formula is C27H26O6. The van der Waals surface area contributed by atoms with Gasteiger partial charge < -0.3 is 23.7 Å². The second-order valence-electron chi connectivity index (χ2n) is 8.49. The van der Waals surface area contributed by atoms with Crippen LogP contribution in [0.2, 0.25) is 0 Å². The van der Waals surface area contributed by atoms with Gasteiger partial charge in [-0.15, -0.1) is 0 Å². The van der Waals surface area contributed by atoms with Crippen molar-refractivity contribution in [1.82, 2.24) is 0 Å². The summed E-state index contributed by atoms with van der Waals surface area (Å²) in [5, 5.41) is 13.6. The molecule has 1 aliphatic heterocycles. The highest BCUT2D eigenvalue weighted by Crippen LogP contribution is 2.46. The third-order valence-corrected chi connectivity index (χ3v) is 6.51. The molecule has 6 nitrogen and oxygen atoms in total. The molecule has 1 N–H and O–H groups in total. The van der Waals surface area contributed by atoms with Gasteiger partial charge in [0.05, 0.1) is 37.2 Å². The first-order chi connectivity index (χ1) is 16.0. The van der Waals surface area contributed by atoms with Crippen LogP contribution in [0.1, 0.15) is 43.4 Å². The third-order valence-electron chi connectivity index (χ3n) is 6.51. The van der Waals surface area contributed by atoms with Gasteiger partial charge in [0.25, 0.3) is 0 Å². The fourth-order valence-electron chi connectivity index (χ4n) is 4.96. The summed E-state index contributed by atoms with van der Waals surface area (Å²) < 4.78 is 23.5. The van der Waals surface area contributed by atoms with Crippen molar-refractivity contribution in [1.29, 1.82) is 0 Å². The van der Waals surface area contributed by atoms with Crippen molar-refractivity contribution in [2.24, 2.45) is 0 Å². The molecule has 1 aliphatic rings. The van der Waals surface area contributed by atoms with Gasteiger partial charge in [-0.1, -0.05) is 18.7 Å². The van der Waals surface area contributed by atoms with E-state index in [1.807, 2.05) is 12.1 Å². The maximum Gasteiger partial charge on any atom is 0.344 e. The quantitative estimate of drug-likeness (QED) is 0.302. The van der Waals surface area contributed by atoms with Crippen molar-refractivity contribution < 1.29 is 23.7 Å². The first kappa shape index (κ1) is 21.3. The highest BCUT2D eigenvalue weighted by atomic mass is 16.5. The SMILES string of the molecule is C=Cc1cc(OC)c2c(c1)c(=O)oc1c2cc(OC)c2c(O)ccc(C3CCCC(C)O3)c21. The van der Waals surface area contributed by atoms with Gasteiger partial charge in [0.2, 0.25) is 0 Å². The summed E-state index contributed by atoms with van der Waals surface area (Å²) in [5.74, 6) is 1.06. The van der Waals surface area contributed by atoms with E-state index >= 15 is 0 Å². The van der Waals surface area contributed by atoms with E-state index in [-0.39, 0.29) is 18.0 Å². The molecular weight excluding hydrogens is 420 g/mol. The number of fused-ring (bicyclic) bond motifs is 5. The van der Waals surface area contributed by atoms with Crippen molar-refractivity contribution in [3.63, 3.8) is 0 Å². The van der Waals surface area contributed by atoms with Gasteiger partial charge in [-0.3, -0.25) is 0 Å². The molecule has 0 radical (unpaired) electrons. The Morgan fingerprint density at radius 2 is 1.79 bits per heavy atom. The van der Waals surface area contributed by atoms with Gasteiger partial charge in [0, 0.05) is 16.2 Å². The average molecular weight is 446 g/mol. The molecule has 0 spiro atoms. The van der Waals surface area contributed by atoms with Crippen molar-refractivity contribution in [3.8, 4) is 17.2 Å². The summed E-state index contributed by atoms with van der Waals surface area (Å²) in [6, 6.07) is 8.85. The number of benzene rings is 3. The topological polar surface area (TPSA) is 78.1 Å². The predicted molar refractivity (Wildman–Crippen MR) is 129 cm³/mol. The van der Waals surface area contributed by atoms with E-state index in [4.69, 9.17) is 18.6 Å². The van der Waals surface area contributed by atoms with Gasteiger partial charge in [0.1, 0.15) is 22.8 Å². The van der Waals surface area contributed by atoms with E-state index in [0.29, 0.717) is 44.0 Å². The lowest BCUT2D eigenvalue weighted by Gasteiger charge is -2.29. The van der Waals surface area contributed by atoms with Crippen LogP contribution < -0.4 is 15.1 Å².